The SMILES string of the molecule is CC(C)(C)C(=O)NC[C@@H]1Cc2cccc(-c3cncnc3)c2O1. The first kappa shape index (κ1) is 15.5. The van der Waals surface area contributed by atoms with Gasteiger partial charge >= 0.3 is 0 Å². The van der Waals surface area contributed by atoms with E-state index in [0.29, 0.717) is 6.54 Å². The first-order chi connectivity index (χ1) is 10.9. The lowest BCUT2D eigenvalue weighted by molar-refractivity contribution is -0.128. The number of para-hydroxylation sites is 1. The molecule has 0 aliphatic carbocycles. The molecule has 0 bridgehead atoms. The molecule has 1 amide bonds. The average molecular weight is 311 g/mol. The minimum Gasteiger partial charge on any atom is -0.487 e. The lowest BCUT2D eigenvalue weighted by Crippen LogP contribution is -2.40. The van der Waals surface area contributed by atoms with E-state index in [9.17, 15) is 4.79 Å². The van der Waals surface area contributed by atoms with Gasteiger partial charge in [0.15, 0.2) is 0 Å². The quantitative estimate of drug-likeness (QED) is 0.946. The summed E-state index contributed by atoms with van der Waals surface area (Å²) in [6.07, 6.45) is 5.82. The van der Waals surface area contributed by atoms with Gasteiger partial charge in [0.25, 0.3) is 0 Å². The zero-order valence-corrected chi connectivity index (χ0v) is 13.7. The highest BCUT2D eigenvalue weighted by molar-refractivity contribution is 5.81. The fourth-order valence-electron chi connectivity index (χ4n) is 2.59. The zero-order chi connectivity index (χ0) is 16.4. The number of hydrogen-bond donors (Lipinski definition) is 1. The van der Waals surface area contributed by atoms with Crippen molar-refractivity contribution in [1.82, 2.24) is 15.3 Å². The largest absolute Gasteiger partial charge is 0.487 e. The Morgan fingerprint density at radius 1 is 1.30 bits per heavy atom. The van der Waals surface area contributed by atoms with Gasteiger partial charge in [0.2, 0.25) is 5.91 Å². The predicted molar refractivity (Wildman–Crippen MR) is 88.1 cm³/mol. The maximum absolute atomic E-state index is 12.0. The van der Waals surface area contributed by atoms with Crippen LogP contribution >= 0.6 is 0 Å². The van der Waals surface area contributed by atoms with Crippen LogP contribution in [0.5, 0.6) is 5.75 Å². The van der Waals surface area contributed by atoms with Gasteiger partial charge in [-0.05, 0) is 5.56 Å². The fraction of sp³-hybridized carbons (Fsp3) is 0.389. The van der Waals surface area contributed by atoms with E-state index in [0.717, 1.165) is 28.9 Å². The van der Waals surface area contributed by atoms with Crippen LogP contribution in [-0.2, 0) is 11.2 Å². The van der Waals surface area contributed by atoms with Gasteiger partial charge in [-0.2, -0.15) is 0 Å². The van der Waals surface area contributed by atoms with Crippen LogP contribution in [0.1, 0.15) is 26.3 Å². The molecule has 3 rings (SSSR count). The van der Waals surface area contributed by atoms with Crippen molar-refractivity contribution < 1.29 is 9.53 Å². The number of carbonyl (C=O) groups excluding carboxylic acids is 1. The molecule has 120 valence electrons. The minimum absolute atomic E-state index is 0.0359. The van der Waals surface area contributed by atoms with Crippen LogP contribution in [0.25, 0.3) is 11.1 Å². The normalized spacial score (nSPS) is 16.6. The number of carbonyl (C=O) groups is 1. The highest BCUT2D eigenvalue weighted by Crippen LogP contribution is 2.38. The molecule has 1 aliphatic heterocycles. The highest BCUT2D eigenvalue weighted by Gasteiger charge is 2.28. The van der Waals surface area contributed by atoms with Crippen LogP contribution in [0.2, 0.25) is 0 Å². The molecule has 0 saturated heterocycles. The van der Waals surface area contributed by atoms with Crippen molar-refractivity contribution in [2.24, 2.45) is 5.41 Å². The standard InChI is InChI=1S/C18H21N3O2/c1-18(2,3)17(22)21-10-14-7-12-5-4-6-15(16(12)23-14)13-8-19-11-20-9-13/h4-6,8-9,11,14H,7,10H2,1-3H3,(H,21,22)/t14-/m0/s1. The molecule has 23 heavy (non-hydrogen) atoms. The van der Waals surface area contributed by atoms with Crippen molar-refractivity contribution in [3.63, 3.8) is 0 Å². The summed E-state index contributed by atoms with van der Waals surface area (Å²) < 4.78 is 6.09. The predicted octanol–water partition coefficient (Wildman–Crippen LogP) is 2.61. The van der Waals surface area contributed by atoms with Crippen molar-refractivity contribution in [1.29, 1.82) is 0 Å². The number of rotatable bonds is 3. The summed E-state index contributed by atoms with van der Waals surface area (Å²) in [4.78, 5) is 20.1. The zero-order valence-electron chi connectivity index (χ0n) is 13.7. The Balaban J connectivity index is 1.73. The minimum atomic E-state index is -0.391. The Hall–Kier alpha value is -2.43. The summed E-state index contributed by atoms with van der Waals surface area (Å²) in [5, 5.41) is 2.97. The van der Waals surface area contributed by atoms with E-state index in [1.54, 1.807) is 12.4 Å². The third-order valence-corrected chi connectivity index (χ3v) is 3.87. The molecule has 0 spiro atoms. The first-order valence-electron chi connectivity index (χ1n) is 7.77. The van der Waals surface area contributed by atoms with E-state index < -0.39 is 5.41 Å². The molecule has 1 atom stereocenters. The molecule has 0 radical (unpaired) electrons. The number of amides is 1. The van der Waals surface area contributed by atoms with Crippen LogP contribution in [0.4, 0.5) is 0 Å². The summed E-state index contributed by atoms with van der Waals surface area (Å²) in [5.41, 5.74) is 2.69. The summed E-state index contributed by atoms with van der Waals surface area (Å²) in [5.74, 6) is 0.908. The van der Waals surface area contributed by atoms with Gasteiger partial charge in [-0.15, -0.1) is 0 Å². The second-order valence-electron chi connectivity index (χ2n) is 6.82. The lowest BCUT2D eigenvalue weighted by atomic mass is 9.95. The topological polar surface area (TPSA) is 64.1 Å². The van der Waals surface area contributed by atoms with Crippen molar-refractivity contribution in [2.45, 2.75) is 33.3 Å². The van der Waals surface area contributed by atoms with Crippen LogP contribution in [0.15, 0.2) is 36.9 Å². The lowest BCUT2D eigenvalue weighted by Gasteiger charge is -2.19. The van der Waals surface area contributed by atoms with Crippen LogP contribution in [0.3, 0.4) is 0 Å². The van der Waals surface area contributed by atoms with Gasteiger partial charge in [0, 0.05) is 35.4 Å². The van der Waals surface area contributed by atoms with Gasteiger partial charge in [-0.25, -0.2) is 9.97 Å². The van der Waals surface area contributed by atoms with Crippen LogP contribution < -0.4 is 10.1 Å². The summed E-state index contributed by atoms with van der Waals surface area (Å²) in [6, 6.07) is 6.09. The Bertz CT molecular complexity index is 708. The average Bonchev–Trinajstić information content (AvgIpc) is 2.95. The monoisotopic (exact) mass is 311 g/mol. The summed E-state index contributed by atoms with van der Waals surface area (Å²) in [6.45, 7) is 6.22. The Kier molecular flexibility index (Phi) is 4.03. The molecule has 2 aromatic rings. The van der Waals surface area contributed by atoms with Crippen molar-refractivity contribution >= 4 is 5.91 Å². The van der Waals surface area contributed by atoms with E-state index in [1.807, 2.05) is 32.9 Å². The van der Waals surface area contributed by atoms with E-state index in [4.69, 9.17) is 4.74 Å². The van der Waals surface area contributed by atoms with Gasteiger partial charge in [-0.3, -0.25) is 4.79 Å². The second kappa shape index (κ2) is 5.99. The van der Waals surface area contributed by atoms with E-state index in [1.165, 1.54) is 6.33 Å². The third kappa shape index (κ3) is 3.33. The third-order valence-electron chi connectivity index (χ3n) is 3.87. The molecule has 1 aromatic heterocycles. The number of hydrogen-bond acceptors (Lipinski definition) is 4. The molecule has 0 saturated carbocycles. The summed E-state index contributed by atoms with van der Waals surface area (Å²) in [7, 11) is 0. The number of ether oxygens (including phenoxy) is 1. The molecule has 0 fully saturated rings. The van der Waals surface area contributed by atoms with Crippen molar-refractivity contribution in [2.75, 3.05) is 6.54 Å². The number of benzene rings is 1. The molecule has 1 aromatic carbocycles. The van der Waals surface area contributed by atoms with Gasteiger partial charge in [-0.1, -0.05) is 39.0 Å². The van der Waals surface area contributed by atoms with Gasteiger partial charge in [0.1, 0.15) is 18.2 Å². The van der Waals surface area contributed by atoms with E-state index >= 15 is 0 Å². The number of aromatic nitrogens is 2. The van der Waals surface area contributed by atoms with Gasteiger partial charge in [0.05, 0.1) is 6.54 Å². The molecular weight excluding hydrogens is 290 g/mol. The molecular formula is C18H21N3O2. The number of fused-ring (bicyclic) bond motifs is 1. The molecule has 5 nitrogen and oxygen atoms in total. The van der Waals surface area contributed by atoms with Gasteiger partial charge < -0.3 is 10.1 Å². The smallest absolute Gasteiger partial charge is 0.225 e. The summed E-state index contributed by atoms with van der Waals surface area (Å²) >= 11 is 0. The van der Waals surface area contributed by atoms with E-state index in [2.05, 4.69) is 21.4 Å². The molecule has 0 unspecified atom stereocenters. The molecule has 2 heterocycles. The first-order valence-corrected chi connectivity index (χ1v) is 7.77. The number of nitrogens with zero attached hydrogens (tertiary/aromatic N) is 2. The van der Waals surface area contributed by atoms with Crippen molar-refractivity contribution in [3.05, 3.63) is 42.5 Å². The van der Waals surface area contributed by atoms with Crippen LogP contribution in [-0.4, -0.2) is 28.5 Å². The second-order valence-corrected chi connectivity index (χ2v) is 6.82. The molecule has 5 heteroatoms. The maximum Gasteiger partial charge on any atom is 0.225 e. The molecule has 1 N–H and O–H groups in total. The highest BCUT2D eigenvalue weighted by atomic mass is 16.5. The van der Waals surface area contributed by atoms with Crippen LogP contribution in [0, 0.1) is 5.41 Å². The Labute approximate surface area is 136 Å². The number of nitrogens with one attached hydrogen (secondary N) is 1. The van der Waals surface area contributed by atoms with Crippen molar-refractivity contribution in [3.8, 4) is 16.9 Å². The molecule has 1 aliphatic rings. The Morgan fingerprint density at radius 3 is 2.74 bits per heavy atom. The fourth-order valence-corrected chi connectivity index (χ4v) is 2.59. The maximum atomic E-state index is 12.0. The Morgan fingerprint density at radius 2 is 2.04 bits per heavy atom. The van der Waals surface area contributed by atoms with E-state index in [-0.39, 0.29) is 12.0 Å².